The standard InChI is InChI=1S/C21H13N3O4/c22-10-12-4-6-13(7-5-12)14-2-1-3-15-16(11-23)21(28)20(24-19(14)15)17(25)8-9-18(26)27/h1-7,28H,8-9H2,(H,26,27). The number of aromatic hydroxyl groups is 1. The number of nitriles is 2. The van der Waals surface area contributed by atoms with Crippen LogP contribution in [0.15, 0.2) is 42.5 Å². The lowest BCUT2D eigenvalue weighted by atomic mass is 9.97. The van der Waals surface area contributed by atoms with E-state index >= 15 is 0 Å². The van der Waals surface area contributed by atoms with Crippen molar-refractivity contribution in [2.24, 2.45) is 0 Å². The van der Waals surface area contributed by atoms with E-state index in [1.54, 1.807) is 42.5 Å². The van der Waals surface area contributed by atoms with Gasteiger partial charge in [-0.25, -0.2) is 4.98 Å². The molecule has 0 aliphatic rings. The van der Waals surface area contributed by atoms with Crippen LogP contribution in [0.2, 0.25) is 0 Å². The first-order chi connectivity index (χ1) is 13.5. The number of carbonyl (C=O) groups excluding carboxylic acids is 1. The van der Waals surface area contributed by atoms with Crippen LogP contribution in [0.5, 0.6) is 5.75 Å². The zero-order valence-corrected chi connectivity index (χ0v) is 14.5. The van der Waals surface area contributed by atoms with E-state index in [2.05, 4.69) is 4.98 Å². The van der Waals surface area contributed by atoms with E-state index in [0.717, 1.165) is 5.56 Å². The lowest BCUT2D eigenvalue weighted by Crippen LogP contribution is -2.08. The number of carboxylic acids is 1. The van der Waals surface area contributed by atoms with Crippen molar-refractivity contribution >= 4 is 22.7 Å². The summed E-state index contributed by atoms with van der Waals surface area (Å²) in [7, 11) is 0. The van der Waals surface area contributed by atoms with Crippen molar-refractivity contribution in [2.45, 2.75) is 12.8 Å². The van der Waals surface area contributed by atoms with Crippen molar-refractivity contribution in [1.29, 1.82) is 10.5 Å². The largest absolute Gasteiger partial charge is 0.504 e. The van der Waals surface area contributed by atoms with Crippen LogP contribution in [-0.4, -0.2) is 26.9 Å². The molecule has 0 amide bonds. The first-order valence-corrected chi connectivity index (χ1v) is 8.27. The Morgan fingerprint density at radius 2 is 1.71 bits per heavy atom. The SMILES string of the molecule is N#Cc1ccc(-c2cccc3c(C#N)c(O)c(C(=O)CCC(=O)O)nc23)cc1. The Hall–Kier alpha value is -4.23. The quantitative estimate of drug-likeness (QED) is 0.656. The average molecular weight is 371 g/mol. The van der Waals surface area contributed by atoms with E-state index in [1.165, 1.54) is 0 Å². The van der Waals surface area contributed by atoms with Gasteiger partial charge in [-0.05, 0) is 17.7 Å². The molecular formula is C21H13N3O4. The summed E-state index contributed by atoms with van der Waals surface area (Å²) in [4.78, 5) is 27.4. The minimum atomic E-state index is -1.15. The predicted octanol–water partition coefficient (Wildman–Crippen LogP) is 3.40. The third-order valence-electron chi connectivity index (χ3n) is 4.26. The van der Waals surface area contributed by atoms with E-state index in [4.69, 9.17) is 10.4 Å². The molecule has 3 aromatic rings. The molecule has 0 unspecified atom stereocenters. The van der Waals surface area contributed by atoms with Crippen LogP contribution in [0.4, 0.5) is 0 Å². The normalized spacial score (nSPS) is 10.2. The van der Waals surface area contributed by atoms with Gasteiger partial charge in [0, 0.05) is 17.4 Å². The van der Waals surface area contributed by atoms with Crippen molar-refractivity contribution in [3.8, 4) is 29.0 Å². The Kier molecular flexibility index (Phi) is 5.01. The Bertz CT molecular complexity index is 1190. The second kappa shape index (κ2) is 7.56. The smallest absolute Gasteiger partial charge is 0.303 e. The fraction of sp³-hybridized carbons (Fsp3) is 0.0952. The van der Waals surface area contributed by atoms with E-state index < -0.39 is 23.9 Å². The molecular weight excluding hydrogens is 358 g/mol. The van der Waals surface area contributed by atoms with Crippen molar-refractivity contribution in [3.05, 3.63) is 59.3 Å². The number of carboxylic acid groups (broad SMARTS) is 1. The van der Waals surface area contributed by atoms with Crippen molar-refractivity contribution in [2.75, 3.05) is 0 Å². The van der Waals surface area contributed by atoms with Gasteiger partial charge in [-0.3, -0.25) is 9.59 Å². The Morgan fingerprint density at radius 1 is 1.00 bits per heavy atom. The lowest BCUT2D eigenvalue weighted by molar-refractivity contribution is -0.136. The number of hydrogen-bond donors (Lipinski definition) is 2. The van der Waals surface area contributed by atoms with Crippen LogP contribution in [-0.2, 0) is 4.79 Å². The van der Waals surface area contributed by atoms with Gasteiger partial charge in [0.15, 0.2) is 11.5 Å². The molecule has 1 aromatic heterocycles. The summed E-state index contributed by atoms with van der Waals surface area (Å²) in [6, 6.07) is 15.7. The molecule has 0 aliphatic heterocycles. The molecule has 0 radical (unpaired) electrons. The highest BCUT2D eigenvalue weighted by Crippen LogP contribution is 2.34. The summed E-state index contributed by atoms with van der Waals surface area (Å²) >= 11 is 0. The molecule has 0 bridgehead atoms. The molecule has 3 rings (SSSR count). The van der Waals surface area contributed by atoms with E-state index in [1.807, 2.05) is 12.1 Å². The maximum Gasteiger partial charge on any atom is 0.303 e. The Labute approximate surface area is 159 Å². The fourth-order valence-electron chi connectivity index (χ4n) is 2.88. The van der Waals surface area contributed by atoms with Gasteiger partial charge in [-0.15, -0.1) is 0 Å². The van der Waals surface area contributed by atoms with Crippen molar-refractivity contribution in [3.63, 3.8) is 0 Å². The summed E-state index contributed by atoms with van der Waals surface area (Å²) in [5.41, 5.74) is 1.73. The third kappa shape index (κ3) is 3.37. The van der Waals surface area contributed by atoms with Crippen LogP contribution in [0.25, 0.3) is 22.0 Å². The molecule has 0 aliphatic carbocycles. The first kappa shape index (κ1) is 18.6. The predicted molar refractivity (Wildman–Crippen MR) is 99.5 cm³/mol. The summed E-state index contributed by atoms with van der Waals surface area (Å²) < 4.78 is 0. The number of hydrogen-bond acceptors (Lipinski definition) is 6. The number of ketones is 1. The number of pyridine rings is 1. The molecule has 2 N–H and O–H groups in total. The van der Waals surface area contributed by atoms with Crippen LogP contribution >= 0.6 is 0 Å². The van der Waals surface area contributed by atoms with Gasteiger partial charge in [-0.1, -0.05) is 30.3 Å². The summed E-state index contributed by atoms with van der Waals surface area (Å²) in [5, 5.41) is 38.0. The molecule has 0 atom stereocenters. The van der Waals surface area contributed by atoms with Gasteiger partial charge in [0.2, 0.25) is 0 Å². The summed E-state index contributed by atoms with van der Waals surface area (Å²) in [6.45, 7) is 0. The maximum absolute atomic E-state index is 12.4. The van der Waals surface area contributed by atoms with Gasteiger partial charge in [-0.2, -0.15) is 10.5 Å². The van der Waals surface area contributed by atoms with Gasteiger partial charge >= 0.3 is 5.97 Å². The number of fused-ring (bicyclic) bond motifs is 1. The summed E-state index contributed by atoms with van der Waals surface area (Å²) in [5.74, 6) is -2.36. The summed E-state index contributed by atoms with van der Waals surface area (Å²) in [6.07, 6.45) is -0.748. The fourth-order valence-corrected chi connectivity index (χ4v) is 2.88. The zero-order valence-electron chi connectivity index (χ0n) is 14.5. The lowest BCUT2D eigenvalue weighted by Gasteiger charge is -2.11. The highest BCUT2D eigenvalue weighted by molar-refractivity contribution is 6.05. The van der Waals surface area contributed by atoms with Crippen molar-refractivity contribution < 1.29 is 19.8 Å². The molecule has 7 heteroatoms. The molecule has 1 heterocycles. The number of benzene rings is 2. The van der Waals surface area contributed by atoms with Crippen LogP contribution in [0.3, 0.4) is 0 Å². The van der Waals surface area contributed by atoms with Gasteiger partial charge in [0.25, 0.3) is 0 Å². The molecule has 7 nitrogen and oxygen atoms in total. The second-order valence-corrected chi connectivity index (χ2v) is 6.00. The van der Waals surface area contributed by atoms with Crippen LogP contribution < -0.4 is 0 Å². The molecule has 0 saturated heterocycles. The Balaban J connectivity index is 2.23. The third-order valence-corrected chi connectivity index (χ3v) is 4.26. The number of para-hydroxylation sites is 1. The van der Waals surface area contributed by atoms with E-state index in [-0.39, 0.29) is 17.7 Å². The van der Waals surface area contributed by atoms with Crippen LogP contribution in [0.1, 0.15) is 34.5 Å². The number of nitrogens with zero attached hydrogens (tertiary/aromatic N) is 3. The molecule has 0 saturated carbocycles. The topological polar surface area (TPSA) is 135 Å². The average Bonchev–Trinajstić information content (AvgIpc) is 2.71. The number of carbonyl (C=O) groups is 2. The number of aliphatic carboxylic acids is 1. The maximum atomic E-state index is 12.4. The molecule has 136 valence electrons. The monoisotopic (exact) mass is 371 g/mol. The zero-order chi connectivity index (χ0) is 20.3. The highest BCUT2D eigenvalue weighted by Gasteiger charge is 2.22. The van der Waals surface area contributed by atoms with Crippen LogP contribution in [0, 0.1) is 22.7 Å². The number of aromatic nitrogens is 1. The van der Waals surface area contributed by atoms with Gasteiger partial charge < -0.3 is 10.2 Å². The molecule has 28 heavy (non-hydrogen) atoms. The molecule has 2 aromatic carbocycles. The van der Waals surface area contributed by atoms with E-state index in [9.17, 15) is 20.0 Å². The second-order valence-electron chi connectivity index (χ2n) is 6.00. The van der Waals surface area contributed by atoms with Gasteiger partial charge in [0.05, 0.1) is 23.6 Å². The number of Topliss-reactive ketones (excluding diaryl/α,β-unsaturated/α-hetero) is 1. The molecule has 0 fully saturated rings. The number of rotatable bonds is 5. The highest BCUT2D eigenvalue weighted by atomic mass is 16.4. The van der Waals surface area contributed by atoms with Gasteiger partial charge in [0.1, 0.15) is 17.3 Å². The minimum absolute atomic E-state index is 0.0980. The Morgan fingerprint density at radius 3 is 2.32 bits per heavy atom. The minimum Gasteiger partial charge on any atom is -0.504 e. The van der Waals surface area contributed by atoms with E-state index in [0.29, 0.717) is 22.0 Å². The molecule has 0 spiro atoms. The first-order valence-electron chi connectivity index (χ1n) is 8.27. The van der Waals surface area contributed by atoms with Crippen molar-refractivity contribution in [1.82, 2.24) is 4.98 Å².